The SMILES string of the molecule is O=C(Cn1c(O)c2c(c1O)CCCC2)N1CCCC2CCCCC21. The summed E-state index contributed by atoms with van der Waals surface area (Å²) in [5.41, 5.74) is 1.70. The Morgan fingerprint density at radius 3 is 2.25 bits per heavy atom. The molecule has 1 aromatic heterocycles. The molecule has 132 valence electrons. The number of nitrogens with zero attached hydrogens (tertiary/aromatic N) is 2. The van der Waals surface area contributed by atoms with E-state index < -0.39 is 0 Å². The molecule has 5 nitrogen and oxygen atoms in total. The van der Waals surface area contributed by atoms with Gasteiger partial charge in [0.15, 0.2) is 11.8 Å². The van der Waals surface area contributed by atoms with Crippen LogP contribution in [0.3, 0.4) is 0 Å². The number of hydrogen-bond acceptors (Lipinski definition) is 3. The molecule has 1 aliphatic heterocycles. The van der Waals surface area contributed by atoms with Crippen molar-refractivity contribution in [3.05, 3.63) is 11.1 Å². The van der Waals surface area contributed by atoms with Gasteiger partial charge in [-0.2, -0.15) is 0 Å². The fourth-order valence-corrected chi connectivity index (χ4v) is 5.14. The molecule has 0 aromatic carbocycles. The van der Waals surface area contributed by atoms with Gasteiger partial charge in [-0.15, -0.1) is 0 Å². The summed E-state index contributed by atoms with van der Waals surface area (Å²) in [6.07, 6.45) is 10.8. The standard InChI is InChI=1S/C19H28N2O3/c22-17(20-11-5-7-13-6-1-4-10-16(13)20)12-21-18(23)14-8-2-3-9-15(14)19(21)24/h13,16,23-24H,1-12H2. The van der Waals surface area contributed by atoms with Crippen molar-refractivity contribution < 1.29 is 15.0 Å². The Balaban J connectivity index is 1.55. The number of carbonyl (C=O) groups excluding carboxylic acids is 1. The minimum absolute atomic E-state index is 0.0459. The molecule has 1 saturated carbocycles. The first-order valence-electron chi connectivity index (χ1n) is 9.58. The highest BCUT2D eigenvalue weighted by Gasteiger charge is 2.36. The van der Waals surface area contributed by atoms with Crippen LogP contribution < -0.4 is 0 Å². The normalized spacial score (nSPS) is 26.8. The van der Waals surface area contributed by atoms with E-state index in [1.165, 1.54) is 30.3 Å². The van der Waals surface area contributed by atoms with Crippen molar-refractivity contribution in [2.24, 2.45) is 5.92 Å². The van der Waals surface area contributed by atoms with Crippen molar-refractivity contribution in [2.45, 2.75) is 76.8 Å². The van der Waals surface area contributed by atoms with Crippen LogP contribution in [-0.2, 0) is 24.2 Å². The van der Waals surface area contributed by atoms with E-state index in [1.54, 1.807) is 0 Å². The maximum absolute atomic E-state index is 12.9. The average Bonchev–Trinajstić information content (AvgIpc) is 2.86. The average molecular weight is 332 g/mol. The van der Waals surface area contributed by atoms with Crippen LogP contribution in [0.5, 0.6) is 11.8 Å². The van der Waals surface area contributed by atoms with E-state index in [9.17, 15) is 15.0 Å². The number of aromatic hydroxyl groups is 2. The summed E-state index contributed by atoms with van der Waals surface area (Å²) in [5.74, 6) is 0.904. The molecule has 1 saturated heterocycles. The third-order valence-electron chi connectivity index (χ3n) is 6.38. The van der Waals surface area contributed by atoms with Crippen LogP contribution in [0.25, 0.3) is 0 Å². The van der Waals surface area contributed by atoms with Gasteiger partial charge >= 0.3 is 0 Å². The summed E-state index contributed by atoms with van der Waals surface area (Å²) < 4.78 is 1.44. The lowest BCUT2D eigenvalue weighted by atomic mass is 9.78. The lowest BCUT2D eigenvalue weighted by Gasteiger charge is -2.44. The van der Waals surface area contributed by atoms with E-state index in [2.05, 4.69) is 0 Å². The summed E-state index contributed by atoms with van der Waals surface area (Å²) in [6.45, 7) is 0.885. The second-order valence-electron chi connectivity index (χ2n) is 7.74. The summed E-state index contributed by atoms with van der Waals surface area (Å²) in [5, 5.41) is 20.9. The Kier molecular flexibility index (Phi) is 4.19. The van der Waals surface area contributed by atoms with Crippen LogP contribution in [-0.4, -0.2) is 38.2 Å². The lowest BCUT2D eigenvalue weighted by Crippen LogP contribution is -2.50. The molecule has 1 amide bonds. The molecule has 2 fully saturated rings. The molecule has 1 aromatic rings. The van der Waals surface area contributed by atoms with Crippen LogP contribution in [0, 0.1) is 5.92 Å². The van der Waals surface area contributed by atoms with E-state index in [4.69, 9.17) is 0 Å². The van der Waals surface area contributed by atoms with Crippen molar-refractivity contribution in [1.82, 2.24) is 9.47 Å². The van der Waals surface area contributed by atoms with Crippen LogP contribution in [0.1, 0.15) is 62.5 Å². The highest BCUT2D eigenvalue weighted by atomic mass is 16.3. The molecular formula is C19H28N2O3. The van der Waals surface area contributed by atoms with Gasteiger partial charge in [-0.05, 0) is 57.3 Å². The first-order chi connectivity index (χ1) is 11.7. The molecule has 2 heterocycles. The maximum Gasteiger partial charge on any atom is 0.243 e. The fraction of sp³-hybridized carbons (Fsp3) is 0.737. The van der Waals surface area contributed by atoms with Crippen LogP contribution in [0.2, 0.25) is 0 Å². The maximum atomic E-state index is 12.9. The van der Waals surface area contributed by atoms with E-state index in [0.717, 1.165) is 56.2 Å². The van der Waals surface area contributed by atoms with Gasteiger partial charge in [-0.25, -0.2) is 0 Å². The number of rotatable bonds is 2. The zero-order valence-corrected chi connectivity index (χ0v) is 14.3. The van der Waals surface area contributed by atoms with E-state index in [1.807, 2.05) is 4.90 Å². The van der Waals surface area contributed by atoms with Gasteiger partial charge in [0.25, 0.3) is 0 Å². The van der Waals surface area contributed by atoms with Gasteiger partial charge in [-0.1, -0.05) is 12.8 Å². The Morgan fingerprint density at radius 2 is 1.54 bits per heavy atom. The first kappa shape index (κ1) is 15.9. The van der Waals surface area contributed by atoms with Gasteiger partial charge in [0, 0.05) is 23.7 Å². The molecule has 5 heteroatoms. The van der Waals surface area contributed by atoms with E-state index >= 15 is 0 Å². The minimum atomic E-state index is 0.0459. The van der Waals surface area contributed by atoms with E-state index in [0.29, 0.717) is 12.0 Å². The van der Waals surface area contributed by atoms with Gasteiger partial charge in [0.1, 0.15) is 6.54 Å². The summed E-state index contributed by atoms with van der Waals surface area (Å²) in [6, 6.07) is 0.370. The minimum Gasteiger partial charge on any atom is -0.494 e. The molecule has 2 N–H and O–H groups in total. The van der Waals surface area contributed by atoms with Gasteiger partial charge in [0.05, 0.1) is 0 Å². The first-order valence-corrected chi connectivity index (χ1v) is 9.58. The number of hydrogen-bond donors (Lipinski definition) is 2. The topological polar surface area (TPSA) is 65.7 Å². The quantitative estimate of drug-likeness (QED) is 0.875. The lowest BCUT2D eigenvalue weighted by molar-refractivity contribution is -0.138. The Labute approximate surface area is 143 Å². The van der Waals surface area contributed by atoms with Crippen LogP contribution in [0.4, 0.5) is 0 Å². The van der Waals surface area contributed by atoms with Crippen molar-refractivity contribution in [2.75, 3.05) is 6.54 Å². The third kappa shape index (κ3) is 2.58. The van der Waals surface area contributed by atoms with Crippen molar-refractivity contribution in [3.63, 3.8) is 0 Å². The number of piperidine rings is 1. The zero-order chi connectivity index (χ0) is 16.7. The van der Waals surface area contributed by atoms with Gasteiger partial charge < -0.3 is 15.1 Å². The second kappa shape index (κ2) is 6.34. The highest BCUT2D eigenvalue weighted by molar-refractivity contribution is 5.77. The Morgan fingerprint density at radius 1 is 0.917 bits per heavy atom. The molecule has 4 rings (SSSR count). The van der Waals surface area contributed by atoms with Crippen LogP contribution in [0.15, 0.2) is 0 Å². The molecule has 24 heavy (non-hydrogen) atoms. The predicted octanol–water partition coefficient (Wildman–Crippen LogP) is 2.96. The largest absolute Gasteiger partial charge is 0.494 e. The molecule has 0 spiro atoms. The summed E-state index contributed by atoms with van der Waals surface area (Å²) >= 11 is 0. The molecule has 2 unspecified atom stereocenters. The van der Waals surface area contributed by atoms with Crippen molar-refractivity contribution in [1.29, 1.82) is 0 Å². The van der Waals surface area contributed by atoms with Gasteiger partial charge in [0.2, 0.25) is 5.91 Å². The van der Waals surface area contributed by atoms with Gasteiger partial charge in [-0.3, -0.25) is 9.36 Å². The third-order valence-corrected chi connectivity index (χ3v) is 6.38. The Hall–Kier alpha value is -1.65. The number of fused-ring (bicyclic) bond motifs is 2. The molecule has 2 aliphatic carbocycles. The summed E-state index contributed by atoms with van der Waals surface area (Å²) in [7, 11) is 0. The highest BCUT2D eigenvalue weighted by Crippen LogP contribution is 2.39. The Bertz CT molecular complexity index is 606. The van der Waals surface area contributed by atoms with Crippen molar-refractivity contribution >= 4 is 5.91 Å². The molecule has 3 aliphatic rings. The van der Waals surface area contributed by atoms with Crippen LogP contribution >= 0.6 is 0 Å². The molecular weight excluding hydrogens is 304 g/mol. The zero-order valence-electron chi connectivity index (χ0n) is 14.3. The molecule has 0 radical (unpaired) electrons. The monoisotopic (exact) mass is 332 g/mol. The number of amides is 1. The summed E-state index contributed by atoms with van der Waals surface area (Å²) in [4.78, 5) is 15.0. The fourth-order valence-electron chi connectivity index (χ4n) is 5.14. The molecule has 0 bridgehead atoms. The van der Waals surface area contributed by atoms with E-state index in [-0.39, 0.29) is 24.2 Å². The second-order valence-corrected chi connectivity index (χ2v) is 7.74. The number of carbonyl (C=O) groups is 1. The number of likely N-dealkylation sites (tertiary alicyclic amines) is 1. The van der Waals surface area contributed by atoms with Crippen molar-refractivity contribution in [3.8, 4) is 11.8 Å². The predicted molar refractivity (Wildman–Crippen MR) is 91.1 cm³/mol. The molecule has 2 atom stereocenters. The smallest absolute Gasteiger partial charge is 0.243 e. The number of aromatic nitrogens is 1.